The molecule has 0 aliphatic heterocycles. The highest BCUT2D eigenvalue weighted by Crippen LogP contribution is 2.36. The zero-order valence-corrected chi connectivity index (χ0v) is 11.1. The second-order valence-electron chi connectivity index (χ2n) is 4.64. The first-order valence-electron chi connectivity index (χ1n) is 6.55. The summed E-state index contributed by atoms with van der Waals surface area (Å²) in [6.45, 7) is 4.99. The van der Waals surface area contributed by atoms with Crippen LogP contribution in [0, 0.1) is 0 Å². The van der Waals surface area contributed by atoms with Crippen LogP contribution in [0.25, 0.3) is 0 Å². The monoisotopic (exact) mass is 273 g/mol. The van der Waals surface area contributed by atoms with Crippen LogP contribution in [-0.4, -0.2) is 24.1 Å². The zero-order valence-electron chi connectivity index (χ0n) is 11.1. The molecule has 1 heterocycles. The third-order valence-corrected chi connectivity index (χ3v) is 3.12. The standard InChI is InChI=1S/C13H18F3N3/c1-3-17-11-7-9(13(14,15)16)8-12(18-11)19(4-2)10-5-6-10/h7-8,10H,3-6H2,1-2H3,(H,17,18). The van der Waals surface area contributed by atoms with Gasteiger partial charge < -0.3 is 10.2 Å². The highest BCUT2D eigenvalue weighted by atomic mass is 19.4. The molecule has 3 nitrogen and oxygen atoms in total. The Kier molecular flexibility index (Phi) is 3.87. The number of aromatic nitrogens is 1. The first-order valence-corrected chi connectivity index (χ1v) is 6.55. The Morgan fingerprint density at radius 1 is 1.32 bits per heavy atom. The van der Waals surface area contributed by atoms with Gasteiger partial charge in [0.2, 0.25) is 0 Å². The fourth-order valence-electron chi connectivity index (χ4n) is 2.09. The minimum Gasteiger partial charge on any atom is -0.370 e. The van der Waals surface area contributed by atoms with E-state index in [9.17, 15) is 13.2 Å². The Hall–Kier alpha value is -1.46. The van der Waals surface area contributed by atoms with Crippen LogP contribution in [0.4, 0.5) is 24.8 Å². The van der Waals surface area contributed by atoms with Gasteiger partial charge in [-0.15, -0.1) is 0 Å². The van der Waals surface area contributed by atoms with Crippen molar-refractivity contribution in [2.24, 2.45) is 0 Å². The second kappa shape index (κ2) is 5.27. The van der Waals surface area contributed by atoms with E-state index in [0.717, 1.165) is 25.0 Å². The molecule has 0 saturated heterocycles. The molecule has 106 valence electrons. The maximum absolute atomic E-state index is 12.9. The number of anilines is 2. The van der Waals surface area contributed by atoms with E-state index in [0.29, 0.717) is 24.9 Å². The Bertz CT molecular complexity index is 441. The Morgan fingerprint density at radius 2 is 2.00 bits per heavy atom. The van der Waals surface area contributed by atoms with Gasteiger partial charge in [-0.25, -0.2) is 4.98 Å². The summed E-state index contributed by atoms with van der Waals surface area (Å²) in [7, 11) is 0. The fourth-order valence-corrected chi connectivity index (χ4v) is 2.09. The molecule has 1 aromatic rings. The van der Waals surface area contributed by atoms with Crippen LogP contribution in [0.5, 0.6) is 0 Å². The SMILES string of the molecule is CCNc1cc(C(F)(F)F)cc(N(CC)C2CC2)n1. The van der Waals surface area contributed by atoms with Crippen molar-refractivity contribution < 1.29 is 13.2 Å². The minimum absolute atomic E-state index is 0.284. The van der Waals surface area contributed by atoms with Crippen molar-refractivity contribution in [3.63, 3.8) is 0 Å². The summed E-state index contributed by atoms with van der Waals surface area (Å²) in [4.78, 5) is 6.22. The van der Waals surface area contributed by atoms with Gasteiger partial charge in [0, 0.05) is 19.1 Å². The summed E-state index contributed by atoms with van der Waals surface area (Å²) in [5.41, 5.74) is -0.646. The molecular weight excluding hydrogens is 255 g/mol. The lowest BCUT2D eigenvalue weighted by molar-refractivity contribution is -0.137. The number of rotatable bonds is 5. The molecule has 1 fully saturated rings. The van der Waals surface area contributed by atoms with Crippen molar-refractivity contribution in [1.29, 1.82) is 0 Å². The molecule has 1 N–H and O–H groups in total. The van der Waals surface area contributed by atoms with Gasteiger partial charge in [0.05, 0.1) is 5.56 Å². The van der Waals surface area contributed by atoms with E-state index < -0.39 is 11.7 Å². The topological polar surface area (TPSA) is 28.2 Å². The van der Waals surface area contributed by atoms with Gasteiger partial charge in [0.25, 0.3) is 0 Å². The molecule has 0 radical (unpaired) electrons. The zero-order chi connectivity index (χ0) is 14.0. The van der Waals surface area contributed by atoms with E-state index in [-0.39, 0.29) is 5.82 Å². The van der Waals surface area contributed by atoms with Crippen molar-refractivity contribution in [1.82, 2.24) is 4.98 Å². The predicted molar refractivity (Wildman–Crippen MR) is 69.4 cm³/mol. The molecule has 1 aliphatic rings. The summed E-state index contributed by atoms with van der Waals surface area (Å²) in [6.07, 6.45) is -2.28. The molecule has 0 bridgehead atoms. The quantitative estimate of drug-likeness (QED) is 0.889. The molecule has 0 aromatic carbocycles. The van der Waals surface area contributed by atoms with Crippen molar-refractivity contribution in [2.75, 3.05) is 23.3 Å². The molecule has 19 heavy (non-hydrogen) atoms. The molecule has 0 unspecified atom stereocenters. The Morgan fingerprint density at radius 3 is 2.47 bits per heavy atom. The first-order chi connectivity index (χ1) is 8.95. The lowest BCUT2D eigenvalue weighted by Crippen LogP contribution is -2.27. The molecule has 0 spiro atoms. The van der Waals surface area contributed by atoms with E-state index in [1.165, 1.54) is 0 Å². The van der Waals surface area contributed by atoms with Crippen LogP contribution >= 0.6 is 0 Å². The predicted octanol–water partition coefficient (Wildman–Crippen LogP) is 3.52. The minimum atomic E-state index is -4.34. The Labute approximate surface area is 110 Å². The van der Waals surface area contributed by atoms with E-state index >= 15 is 0 Å². The number of hydrogen-bond acceptors (Lipinski definition) is 3. The number of hydrogen-bond donors (Lipinski definition) is 1. The van der Waals surface area contributed by atoms with Gasteiger partial charge in [-0.3, -0.25) is 0 Å². The molecule has 2 rings (SSSR count). The largest absolute Gasteiger partial charge is 0.416 e. The molecule has 1 aromatic heterocycles. The van der Waals surface area contributed by atoms with Crippen LogP contribution in [0.15, 0.2) is 12.1 Å². The van der Waals surface area contributed by atoms with Gasteiger partial charge in [-0.1, -0.05) is 0 Å². The molecule has 0 amide bonds. The molecule has 6 heteroatoms. The van der Waals surface area contributed by atoms with E-state index in [1.807, 2.05) is 18.7 Å². The van der Waals surface area contributed by atoms with Crippen LogP contribution in [0.1, 0.15) is 32.3 Å². The van der Waals surface area contributed by atoms with Crippen LogP contribution in [0.3, 0.4) is 0 Å². The Balaban J connectivity index is 2.38. The first kappa shape index (κ1) is 14.0. The normalized spacial score (nSPS) is 15.4. The van der Waals surface area contributed by atoms with Gasteiger partial charge >= 0.3 is 6.18 Å². The maximum Gasteiger partial charge on any atom is 0.416 e. The average molecular weight is 273 g/mol. The van der Waals surface area contributed by atoms with Gasteiger partial charge in [-0.2, -0.15) is 13.2 Å². The fraction of sp³-hybridized carbons (Fsp3) is 0.615. The van der Waals surface area contributed by atoms with Crippen molar-refractivity contribution in [2.45, 2.75) is 38.9 Å². The second-order valence-corrected chi connectivity index (χ2v) is 4.64. The summed E-state index contributed by atoms with van der Waals surface area (Å²) in [6, 6.07) is 2.55. The van der Waals surface area contributed by atoms with Crippen molar-refractivity contribution >= 4 is 11.6 Å². The summed E-state index contributed by atoms with van der Waals surface area (Å²) < 4.78 is 38.7. The van der Waals surface area contributed by atoms with Gasteiger partial charge in [-0.05, 0) is 38.8 Å². The smallest absolute Gasteiger partial charge is 0.370 e. The van der Waals surface area contributed by atoms with E-state index in [2.05, 4.69) is 10.3 Å². The van der Waals surface area contributed by atoms with Gasteiger partial charge in [0.15, 0.2) is 0 Å². The highest BCUT2D eigenvalue weighted by Gasteiger charge is 2.34. The lowest BCUT2D eigenvalue weighted by Gasteiger charge is -2.23. The lowest BCUT2D eigenvalue weighted by atomic mass is 10.2. The molecule has 1 aliphatic carbocycles. The number of nitrogens with one attached hydrogen (secondary N) is 1. The third-order valence-electron chi connectivity index (χ3n) is 3.12. The van der Waals surface area contributed by atoms with E-state index in [1.54, 1.807) is 0 Å². The molecule has 1 saturated carbocycles. The maximum atomic E-state index is 12.9. The summed E-state index contributed by atoms with van der Waals surface area (Å²) >= 11 is 0. The number of halogens is 3. The number of pyridine rings is 1. The van der Waals surface area contributed by atoms with E-state index in [4.69, 9.17) is 0 Å². The number of nitrogens with zero attached hydrogens (tertiary/aromatic N) is 2. The number of alkyl halides is 3. The van der Waals surface area contributed by atoms with Crippen LogP contribution < -0.4 is 10.2 Å². The van der Waals surface area contributed by atoms with Crippen molar-refractivity contribution in [3.05, 3.63) is 17.7 Å². The molecule has 0 atom stereocenters. The summed E-state index contributed by atoms with van der Waals surface area (Å²) in [5, 5.41) is 2.86. The van der Waals surface area contributed by atoms with Crippen LogP contribution in [0.2, 0.25) is 0 Å². The highest BCUT2D eigenvalue weighted by molar-refractivity contribution is 5.52. The molecular formula is C13H18F3N3. The summed E-state index contributed by atoms with van der Waals surface area (Å²) in [5.74, 6) is 0.696. The van der Waals surface area contributed by atoms with Crippen molar-refractivity contribution in [3.8, 4) is 0 Å². The van der Waals surface area contributed by atoms with Gasteiger partial charge in [0.1, 0.15) is 11.6 Å². The average Bonchev–Trinajstić information content (AvgIpc) is 3.13. The third kappa shape index (κ3) is 3.30. The van der Waals surface area contributed by atoms with Crippen LogP contribution in [-0.2, 0) is 6.18 Å².